The van der Waals surface area contributed by atoms with Gasteiger partial charge in [0.05, 0.1) is 31.8 Å². The highest BCUT2D eigenvalue weighted by atomic mass is 35.5. The summed E-state index contributed by atoms with van der Waals surface area (Å²) in [6.45, 7) is 0.286. The van der Waals surface area contributed by atoms with E-state index < -0.39 is 23.2 Å². The number of hydrogen-bond donors (Lipinski definition) is 0. The third-order valence-corrected chi connectivity index (χ3v) is 4.73. The number of hydrogen-bond acceptors (Lipinski definition) is 6. The SMILES string of the molecule is COC(=O)C(C(=O)OC)C(Cl)CC(Cl)CCCCOC(=O)c1ccccc1. The maximum Gasteiger partial charge on any atom is 0.338 e. The molecule has 0 aliphatic rings. The molecule has 1 aromatic rings. The van der Waals surface area contributed by atoms with Crippen molar-refractivity contribution in [1.82, 2.24) is 0 Å². The normalized spacial score (nSPS) is 12.9. The molecular formula is C19H24Cl2O6. The molecule has 0 aliphatic heterocycles. The Bertz CT molecular complexity index is 591. The molecule has 2 atom stereocenters. The van der Waals surface area contributed by atoms with Crippen LogP contribution in [0, 0.1) is 5.92 Å². The molecule has 27 heavy (non-hydrogen) atoms. The Morgan fingerprint density at radius 2 is 1.56 bits per heavy atom. The summed E-state index contributed by atoms with van der Waals surface area (Å²) in [5.41, 5.74) is 0.509. The summed E-state index contributed by atoms with van der Waals surface area (Å²) in [5.74, 6) is -3.08. The van der Waals surface area contributed by atoms with Gasteiger partial charge in [-0.05, 0) is 37.8 Å². The van der Waals surface area contributed by atoms with Crippen LogP contribution in [0.3, 0.4) is 0 Å². The minimum atomic E-state index is -1.21. The van der Waals surface area contributed by atoms with Crippen molar-refractivity contribution in [3.63, 3.8) is 0 Å². The molecule has 6 nitrogen and oxygen atoms in total. The van der Waals surface area contributed by atoms with Crippen molar-refractivity contribution < 1.29 is 28.6 Å². The van der Waals surface area contributed by atoms with E-state index >= 15 is 0 Å². The van der Waals surface area contributed by atoms with Gasteiger partial charge < -0.3 is 14.2 Å². The highest BCUT2D eigenvalue weighted by Gasteiger charge is 2.36. The zero-order chi connectivity index (χ0) is 20.2. The van der Waals surface area contributed by atoms with Crippen LogP contribution in [0.25, 0.3) is 0 Å². The van der Waals surface area contributed by atoms with Gasteiger partial charge in [0.2, 0.25) is 0 Å². The number of benzene rings is 1. The molecule has 0 bridgehead atoms. The van der Waals surface area contributed by atoms with Gasteiger partial charge in [0.1, 0.15) is 0 Å². The van der Waals surface area contributed by atoms with Gasteiger partial charge in [0, 0.05) is 5.38 Å². The summed E-state index contributed by atoms with van der Waals surface area (Å²) in [6, 6.07) is 8.75. The Morgan fingerprint density at radius 1 is 0.963 bits per heavy atom. The van der Waals surface area contributed by atoms with Crippen molar-refractivity contribution in [2.45, 2.75) is 36.4 Å². The van der Waals surface area contributed by atoms with Crippen LogP contribution in [-0.2, 0) is 23.8 Å². The molecule has 0 aliphatic carbocycles. The van der Waals surface area contributed by atoms with Crippen molar-refractivity contribution in [3.8, 4) is 0 Å². The zero-order valence-electron chi connectivity index (χ0n) is 15.4. The number of unbranched alkanes of at least 4 members (excludes halogenated alkanes) is 1. The van der Waals surface area contributed by atoms with Crippen LogP contribution in [0.4, 0.5) is 0 Å². The van der Waals surface area contributed by atoms with E-state index in [1.165, 1.54) is 14.2 Å². The van der Waals surface area contributed by atoms with E-state index in [0.29, 0.717) is 24.8 Å². The summed E-state index contributed by atoms with van der Waals surface area (Å²) < 4.78 is 14.4. The Morgan fingerprint density at radius 3 is 2.11 bits per heavy atom. The lowest BCUT2D eigenvalue weighted by molar-refractivity contribution is -0.158. The van der Waals surface area contributed by atoms with Crippen molar-refractivity contribution in [2.75, 3.05) is 20.8 Å². The quantitative estimate of drug-likeness (QED) is 0.179. The molecular weight excluding hydrogens is 395 g/mol. The topological polar surface area (TPSA) is 78.9 Å². The molecule has 150 valence electrons. The van der Waals surface area contributed by atoms with Gasteiger partial charge in [-0.3, -0.25) is 9.59 Å². The highest BCUT2D eigenvalue weighted by Crippen LogP contribution is 2.24. The minimum Gasteiger partial charge on any atom is -0.468 e. The monoisotopic (exact) mass is 418 g/mol. The number of esters is 3. The molecule has 0 aromatic heterocycles. The van der Waals surface area contributed by atoms with Crippen molar-refractivity contribution in [3.05, 3.63) is 35.9 Å². The van der Waals surface area contributed by atoms with E-state index in [2.05, 4.69) is 9.47 Å². The molecule has 0 fully saturated rings. The van der Waals surface area contributed by atoms with Crippen molar-refractivity contribution in [2.24, 2.45) is 5.92 Å². The first-order valence-electron chi connectivity index (χ1n) is 8.56. The van der Waals surface area contributed by atoms with E-state index in [1.807, 2.05) is 6.07 Å². The lowest BCUT2D eigenvalue weighted by Gasteiger charge is -2.20. The van der Waals surface area contributed by atoms with Gasteiger partial charge in [-0.15, -0.1) is 23.2 Å². The van der Waals surface area contributed by atoms with Crippen molar-refractivity contribution >= 4 is 41.1 Å². The maximum atomic E-state index is 11.8. The van der Waals surface area contributed by atoms with E-state index in [0.717, 1.165) is 0 Å². The lowest BCUT2D eigenvalue weighted by Crippen LogP contribution is -2.35. The van der Waals surface area contributed by atoms with E-state index in [1.54, 1.807) is 24.3 Å². The van der Waals surface area contributed by atoms with Gasteiger partial charge in [-0.2, -0.15) is 0 Å². The molecule has 1 rings (SSSR count). The summed E-state index contributed by atoms with van der Waals surface area (Å²) in [7, 11) is 2.35. The molecule has 0 heterocycles. The first-order chi connectivity index (χ1) is 12.9. The summed E-state index contributed by atoms with van der Waals surface area (Å²) in [4.78, 5) is 35.2. The third kappa shape index (κ3) is 8.18. The van der Waals surface area contributed by atoms with Crippen LogP contribution in [-0.4, -0.2) is 49.5 Å². The van der Waals surface area contributed by atoms with Gasteiger partial charge in [-0.1, -0.05) is 18.2 Å². The van der Waals surface area contributed by atoms with Gasteiger partial charge >= 0.3 is 17.9 Å². The average molecular weight is 419 g/mol. The summed E-state index contributed by atoms with van der Waals surface area (Å²) >= 11 is 12.4. The standard InChI is InChI=1S/C19H24Cl2O6/c1-25-18(23)16(19(24)26-2)15(21)12-14(20)10-6-7-11-27-17(22)13-8-4-3-5-9-13/h3-5,8-9,14-16H,6-7,10-12H2,1-2H3. The zero-order valence-corrected chi connectivity index (χ0v) is 16.9. The molecule has 0 spiro atoms. The smallest absolute Gasteiger partial charge is 0.338 e. The summed E-state index contributed by atoms with van der Waals surface area (Å²) in [6.07, 6.45) is 2.19. The summed E-state index contributed by atoms with van der Waals surface area (Å²) in [5, 5.41) is -1.17. The second-order valence-electron chi connectivity index (χ2n) is 5.87. The second-order valence-corrected chi connectivity index (χ2v) is 7.05. The fourth-order valence-electron chi connectivity index (χ4n) is 2.43. The largest absolute Gasteiger partial charge is 0.468 e. The molecule has 0 radical (unpaired) electrons. The number of carbonyl (C=O) groups excluding carboxylic acids is 3. The Hall–Kier alpha value is -1.79. The van der Waals surface area contributed by atoms with Crippen LogP contribution < -0.4 is 0 Å². The van der Waals surface area contributed by atoms with Crippen molar-refractivity contribution in [1.29, 1.82) is 0 Å². The molecule has 0 amide bonds. The number of alkyl halides is 2. The fraction of sp³-hybridized carbons (Fsp3) is 0.526. The van der Waals surface area contributed by atoms with E-state index in [-0.39, 0.29) is 24.4 Å². The number of methoxy groups -OCH3 is 2. The molecule has 0 saturated carbocycles. The number of halogens is 2. The minimum absolute atomic E-state index is 0.238. The van der Waals surface area contributed by atoms with Crippen LogP contribution in [0.2, 0.25) is 0 Å². The van der Waals surface area contributed by atoms with Crippen LogP contribution in [0.1, 0.15) is 36.0 Å². The Balaban J connectivity index is 2.31. The average Bonchev–Trinajstić information content (AvgIpc) is 2.67. The molecule has 1 aromatic carbocycles. The molecule has 2 unspecified atom stereocenters. The fourth-order valence-corrected chi connectivity index (χ4v) is 3.29. The van der Waals surface area contributed by atoms with Crippen LogP contribution in [0.5, 0.6) is 0 Å². The first kappa shape index (κ1) is 23.2. The second kappa shape index (κ2) is 12.6. The van der Waals surface area contributed by atoms with Gasteiger partial charge in [0.25, 0.3) is 0 Å². The maximum absolute atomic E-state index is 11.8. The predicted octanol–water partition coefficient (Wildman–Crippen LogP) is 3.58. The highest BCUT2D eigenvalue weighted by molar-refractivity contribution is 6.26. The predicted molar refractivity (Wildman–Crippen MR) is 102 cm³/mol. The number of carbonyl (C=O) groups is 3. The molecule has 8 heteroatoms. The third-order valence-electron chi connectivity index (χ3n) is 3.91. The number of rotatable bonds is 11. The molecule has 0 saturated heterocycles. The van der Waals surface area contributed by atoms with E-state index in [4.69, 9.17) is 27.9 Å². The van der Waals surface area contributed by atoms with Gasteiger partial charge in [0.15, 0.2) is 5.92 Å². The molecule has 0 N–H and O–H groups in total. The lowest BCUT2D eigenvalue weighted by atomic mass is 9.99. The van der Waals surface area contributed by atoms with E-state index in [9.17, 15) is 14.4 Å². The van der Waals surface area contributed by atoms with Gasteiger partial charge in [-0.25, -0.2) is 4.79 Å². The number of ether oxygens (including phenoxy) is 3. The first-order valence-corrected chi connectivity index (χ1v) is 9.44. The Kier molecular flexibility index (Phi) is 10.8. The van der Waals surface area contributed by atoms with Crippen LogP contribution >= 0.6 is 23.2 Å². The van der Waals surface area contributed by atoms with Crippen LogP contribution in [0.15, 0.2) is 30.3 Å². The Labute approximate surface area is 169 Å².